The van der Waals surface area contributed by atoms with Gasteiger partial charge in [0.05, 0.1) is 18.0 Å². The van der Waals surface area contributed by atoms with Crippen molar-refractivity contribution >= 4 is 22.8 Å². The number of benzene rings is 2. The van der Waals surface area contributed by atoms with Gasteiger partial charge in [-0.2, -0.15) is 0 Å². The summed E-state index contributed by atoms with van der Waals surface area (Å²) in [7, 11) is 0. The molecule has 0 amide bonds. The third kappa shape index (κ3) is 3.68. The van der Waals surface area contributed by atoms with Crippen molar-refractivity contribution in [1.82, 2.24) is 14.4 Å². The average Bonchev–Trinajstić information content (AvgIpc) is 3.28. The summed E-state index contributed by atoms with van der Waals surface area (Å²) in [5, 5.41) is 16.4. The molecule has 0 fully saturated rings. The van der Waals surface area contributed by atoms with Crippen molar-refractivity contribution in [3.63, 3.8) is 0 Å². The van der Waals surface area contributed by atoms with Gasteiger partial charge in [0.1, 0.15) is 12.4 Å². The summed E-state index contributed by atoms with van der Waals surface area (Å²) in [6.07, 6.45) is 5.64. The standard InChI is InChI=1S/C24H25N5O2/c1-24(2,15-30)17-4-6-18(7-5-17)27-22-23-26-9-11-29(23)14-20(28-22)16-3-8-19-21(13-16)31-12-10-25-19/h3-9,11,13-14,25,30H,10,12,15H2,1-2H3,(H,27,28). The molecule has 2 aromatic carbocycles. The summed E-state index contributed by atoms with van der Waals surface area (Å²) in [6.45, 7) is 5.60. The summed E-state index contributed by atoms with van der Waals surface area (Å²) in [5.41, 5.74) is 5.25. The maximum atomic E-state index is 9.61. The van der Waals surface area contributed by atoms with Crippen LogP contribution in [0.5, 0.6) is 5.75 Å². The molecule has 0 aliphatic carbocycles. The summed E-state index contributed by atoms with van der Waals surface area (Å²) in [4.78, 5) is 9.32. The Morgan fingerprint density at radius 2 is 2.03 bits per heavy atom. The number of ether oxygens (including phenoxy) is 1. The minimum Gasteiger partial charge on any atom is -0.490 e. The molecule has 3 heterocycles. The lowest BCUT2D eigenvalue weighted by molar-refractivity contribution is 0.218. The molecular formula is C24H25N5O2. The number of nitrogens with zero attached hydrogens (tertiary/aromatic N) is 3. The van der Waals surface area contributed by atoms with Gasteiger partial charge in [0.2, 0.25) is 0 Å². The smallest absolute Gasteiger partial charge is 0.180 e. The van der Waals surface area contributed by atoms with E-state index in [2.05, 4.69) is 15.6 Å². The van der Waals surface area contributed by atoms with E-state index in [1.54, 1.807) is 6.20 Å². The van der Waals surface area contributed by atoms with Crippen LogP contribution in [0.15, 0.2) is 61.1 Å². The van der Waals surface area contributed by atoms with Gasteiger partial charge in [0.25, 0.3) is 0 Å². The maximum Gasteiger partial charge on any atom is 0.180 e. The Morgan fingerprint density at radius 1 is 1.19 bits per heavy atom. The topological polar surface area (TPSA) is 83.7 Å². The minimum atomic E-state index is -0.281. The Kier molecular flexibility index (Phi) is 4.75. The second kappa shape index (κ2) is 7.59. The van der Waals surface area contributed by atoms with Crippen molar-refractivity contribution in [2.75, 3.05) is 30.4 Å². The predicted molar refractivity (Wildman–Crippen MR) is 122 cm³/mol. The quantitative estimate of drug-likeness (QED) is 0.453. The van der Waals surface area contributed by atoms with Gasteiger partial charge in [-0.25, -0.2) is 9.97 Å². The molecule has 7 heteroatoms. The molecule has 0 atom stereocenters. The number of aliphatic hydroxyl groups excluding tert-OH is 1. The maximum absolute atomic E-state index is 9.61. The van der Waals surface area contributed by atoms with E-state index in [4.69, 9.17) is 9.72 Å². The van der Waals surface area contributed by atoms with Crippen LogP contribution in [-0.2, 0) is 5.41 Å². The highest BCUT2D eigenvalue weighted by Crippen LogP contribution is 2.33. The molecule has 0 saturated carbocycles. The summed E-state index contributed by atoms with van der Waals surface area (Å²) < 4.78 is 7.75. The van der Waals surface area contributed by atoms with E-state index >= 15 is 0 Å². The molecule has 0 bridgehead atoms. The lowest BCUT2D eigenvalue weighted by Crippen LogP contribution is -2.21. The van der Waals surface area contributed by atoms with Gasteiger partial charge >= 0.3 is 0 Å². The molecule has 0 spiro atoms. The largest absolute Gasteiger partial charge is 0.490 e. The van der Waals surface area contributed by atoms with Crippen molar-refractivity contribution in [2.24, 2.45) is 0 Å². The lowest BCUT2D eigenvalue weighted by Gasteiger charge is -2.22. The first kappa shape index (κ1) is 19.4. The molecule has 4 aromatic rings. The summed E-state index contributed by atoms with van der Waals surface area (Å²) in [6, 6.07) is 14.1. The van der Waals surface area contributed by atoms with Crippen LogP contribution in [0.4, 0.5) is 17.2 Å². The third-order valence-electron chi connectivity index (χ3n) is 5.65. The first-order valence-corrected chi connectivity index (χ1v) is 10.4. The second-order valence-corrected chi connectivity index (χ2v) is 8.36. The molecule has 31 heavy (non-hydrogen) atoms. The number of nitrogens with one attached hydrogen (secondary N) is 2. The molecular weight excluding hydrogens is 390 g/mol. The van der Waals surface area contributed by atoms with Crippen molar-refractivity contribution in [3.8, 4) is 17.0 Å². The van der Waals surface area contributed by atoms with Crippen molar-refractivity contribution in [2.45, 2.75) is 19.3 Å². The first-order chi connectivity index (χ1) is 15.0. The Hall–Kier alpha value is -3.58. The van der Waals surface area contributed by atoms with E-state index < -0.39 is 0 Å². The fraction of sp³-hybridized carbons (Fsp3) is 0.250. The van der Waals surface area contributed by atoms with Crippen molar-refractivity contribution in [1.29, 1.82) is 0 Å². The number of hydrogen-bond acceptors (Lipinski definition) is 6. The van der Waals surface area contributed by atoms with E-state index in [1.165, 1.54) is 0 Å². The second-order valence-electron chi connectivity index (χ2n) is 8.36. The number of aliphatic hydroxyl groups is 1. The Labute approximate surface area is 180 Å². The van der Waals surface area contributed by atoms with Gasteiger partial charge in [-0.3, -0.25) is 0 Å². The van der Waals surface area contributed by atoms with Gasteiger partial charge in [-0.1, -0.05) is 32.0 Å². The molecule has 2 aromatic heterocycles. The molecule has 0 saturated heterocycles. The highest BCUT2D eigenvalue weighted by molar-refractivity contribution is 5.75. The Bertz CT molecular complexity index is 1230. The van der Waals surface area contributed by atoms with E-state index in [-0.39, 0.29) is 12.0 Å². The highest BCUT2D eigenvalue weighted by Gasteiger charge is 2.19. The molecule has 1 aliphatic heterocycles. The van der Waals surface area contributed by atoms with Crippen LogP contribution in [0.25, 0.3) is 16.9 Å². The minimum absolute atomic E-state index is 0.0953. The number of anilines is 3. The third-order valence-corrected chi connectivity index (χ3v) is 5.65. The normalized spacial score (nSPS) is 13.4. The van der Waals surface area contributed by atoms with E-state index in [9.17, 15) is 5.11 Å². The van der Waals surface area contributed by atoms with E-state index in [1.807, 2.05) is 73.1 Å². The van der Waals surface area contributed by atoms with Crippen LogP contribution in [0.1, 0.15) is 19.4 Å². The number of hydrogen-bond donors (Lipinski definition) is 3. The van der Waals surface area contributed by atoms with Crippen LogP contribution in [0, 0.1) is 0 Å². The first-order valence-electron chi connectivity index (χ1n) is 10.4. The van der Waals surface area contributed by atoms with E-state index in [0.717, 1.165) is 46.1 Å². The van der Waals surface area contributed by atoms with Crippen LogP contribution in [0.2, 0.25) is 0 Å². The van der Waals surface area contributed by atoms with Gasteiger partial charge in [0.15, 0.2) is 11.5 Å². The molecule has 5 rings (SSSR count). The van der Waals surface area contributed by atoms with E-state index in [0.29, 0.717) is 12.4 Å². The van der Waals surface area contributed by atoms with Crippen LogP contribution in [-0.4, -0.2) is 39.2 Å². The highest BCUT2D eigenvalue weighted by atomic mass is 16.5. The average molecular weight is 415 g/mol. The zero-order valence-corrected chi connectivity index (χ0v) is 17.6. The van der Waals surface area contributed by atoms with Gasteiger partial charge in [-0.15, -0.1) is 0 Å². The Morgan fingerprint density at radius 3 is 2.84 bits per heavy atom. The summed E-state index contributed by atoms with van der Waals surface area (Å²) in [5.74, 6) is 1.52. The predicted octanol–water partition coefficient (Wildman–Crippen LogP) is 4.21. The molecule has 0 unspecified atom stereocenters. The number of aromatic nitrogens is 3. The van der Waals surface area contributed by atoms with Crippen molar-refractivity contribution < 1.29 is 9.84 Å². The van der Waals surface area contributed by atoms with Crippen molar-refractivity contribution in [3.05, 3.63) is 66.6 Å². The van der Waals surface area contributed by atoms with Gasteiger partial charge in [0, 0.05) is 41.8 Å². The SMILES string of the molecule is CC(C)(CO)c1ccc(Nc2nc(-c3ccc4c(c3)OCCN4)cn3ccnc23)cc1. The lowest BCUT2D eigenvalue weighted by atomic mass is 9.85. The zero-order chi connectivity index (χ0) is 21.4. The fourth-order valence-electron chi connectivity index (χ4n) is 3.68. The van der Waals surface area contributed by atoms with Gasteiger partial charge < -0.3 is 24.9 Å². The molecule has 1 aliphatic rings. The van der Waals surface area contributed by atoms with Crippen LogP contribution >= 0.6 is 0 Å². The Balaban J connectivity index is 1.50. The number of fused-ring (bicyclic) bond motifs is 2. The molecule has 7 nitrogen and oxygen atoms in total. The molecule has 158 valence electrons. The number of rotatable bonds is 5. The monoisotopic (exact) mass is 415 g/mol. The van der Waals surface area contributed by atoms with Gasteiger partial charge in [-0.05, 0) is 29.8 Å². The molecule has 3 N–H and O–H groups in total. The fourth-order valence-corrected chi connectivity index (χ4v) is 3.68. The summed E-state index contributed by atoms with van der Waals surface area (Å²) >= 11 is 0. The number of imidazole rings is 1. The van der Waals surface area contributed by atoms with Crippen LogP contribution in [0.3, 0.4) is 0 Å². The zero-order valence-electron chi connectivity index (χ0n) is 17.6. The molecule has 0 radical (unpaired) electrons. The van der Waals surface area contributed by atoms with Crippen LogP contribution < -0.4 is 15.4 Å².